The van der Waals surface area contributed by atoms with Crippen molar-refractivity contribution in [2.75, 3.05) is 13.1 Å². The van der Waals surface area contributed by atoms with E-state index in [0.29, 0.717) is 13.1 Å². The number of likely N-dealkylation sites (N-methyl/N-ethyl adjacent to an activating group) is 1. The molecular weight excluding hydrogens is 236 g/mol. The third-order valence-corrected chi connectivity index (χ3v) is 6.57. The molecule has 17 heavy (non-hydrogen) atoms. The Hall–Kier alpha value is -0.130. The van der Waals surface area contributed by atoms with Gasteiger partial charge in [0.25, 0.3) is 0 Å². The molecule has 4 nitrogen and oxygen atoms in total. The van der Waals surface area contributed by atoms with Gasteiger partial charge in [-0.05, 0) is 33.6 Å². The minimum absolute atomic E-state index is 0.332. The molecule has 1 saturated carbocycles. The number of nitrogens with two attached hydrogens (primary N) is 1. The second-order valence-electron chi connectivity index (χ2n) is 5.92. The van der Waals surface area contributed by atoms with Gasteiger partial charge in [0, 0.05) is 18.6 Å². The van der Waals surface area contributed by atoms with Crippen molar-refractivity contribution in [3.63, 3.8) is 0 Å². The fraction of sp³-hybridized carbons (Fsp3) is 1.00. The summed E-state index contributed by atoms with van der Waals surface area (Å²) in [6.07, 6.45) is 3.94. The van der Waals surface area contributed by atoms with Crippen molar-refractivity contribution in [1.29, 1.82) is 0 Å². The van der Waals surface area contributed by atoms with Gasteiger partial charge in [-0.2, -0.15) is 4.31 Å². The highest BCUT2D eigenvalue weighted by atomic mass is 32.2. The normalized spacial score (nSPS) is 21.1. The summed E-state index contributed by atoms with van der Waals surface area (Å²) in [5, 5.41) is 0. The van der Waals surface area contributed by atoms with Crippen molar-refractivity contribution in [2.45, 2.75) is 63.7 Å². The first-order valence-corrected chi connectivity index (χ1v) is 7.88. The molecule has 102 valence electrons. The Morgan fingerprint density at radius 3 is 2.00 bits per heavy atom. The highest BCUT2D eigenvalue weighted by Gasteiger charge is 2.47. The first-order chi connectivity index (χ1) is 7.71. The second kappa shape index (κ2) is 4.86. The molecule has 0 aliphatic heterocycles. The number of rotatable bonds is 4. The van der Waals surface area contributed by atoms with Crippen LogP contribution in [0.1, 0.15) is 53.4 Å². The summed E-state index contributed by atoms with van der Waals surface area (Å²) in [6.45, 7) is 8.10. The Labute approximate surface area is 106 Å². The molecule has 1 fully saturated rings. The maximum absolute atomic E-state index is 12.6. The van der Waals surface area contributed by atoms with E-state index in [1.807, 2.05) is 6.92 Å². The molecule has 1 aliphatic rings. The van der Waals surface area contributed by atoms with E-state index < -0.39 is 14.8 Å². The lowest BCUT2D eigenvalue weighted by molar-refractivity contribution is 0.200. The lowest BCUT2D eigenvalue weighted by Crippen LogP contribution is -2.58. The highest BCUT2D eigenvalue weighted by molar-refractivity contribution is 7.90. The molecule has 0 saturated heterocycles. The van der Waals surface area contributed by atoms with Gasteiger partial charge in [-0.1, -0.05) is 19.8 Å². The molecule has 0 aromatic heterocycles. The van der Waals surface area contributed by atoms with E-state index in [4.69, 9.17) is 5.73 Å². The zero-order valence-electron chi connectivity index (χ0n) is 11.5. The topological polar surface area (TPSA) is 63.4 Å². The fourth-order valence-corrected chi connectivity index (χ4v) is 4.45. The van der Waals surface area contributed by atoms with Crippen molar-refractivity contribution in [3.8, 4) is 0 Å². The Kier molecular flexibility index (Phi) is 4.27. The summed E-state index contributed by atoms with van der Waals surface area (Å²) in [6, 6.07) is 0. The van der Waals surface area contributed by atoms with Crippen LogP contribution in [-0.4, -0.2) is 36.1 Å². The van der Waals surface area contributed by atoms with Crippen LogP contribution in [0.3, 0.4) is 0 Å². The van der Waals surface area contributed by atoms with Gasteiger partial charge in [-0.3, -0.25) is 0 Å². The van der Waals surface area contributed by atoms with Crippen molar-refractivity contribution in [1.82, 2.24) is 4.31 Å². The van der Waals surface area contributed by atoms with Crippen LogP contribution >= 0.6 is 0 Å². The lowest BCUT2D eigenvalue weighted by Gasteiger charge is -2.42. The molecule has 0 aromatic carbocycles. The van der Waals surface area contributed by atoms with Crippen molar-refractivity contribution in [2.24, 2.45) is 5.73 Å². The number of hydrogen-bond acceptors (Lipinski definition) is 3. The van der Waals surface area contributed by atoms with Gasteiger partial charge in [-0.15, -0.1) is 0 Å². The molecule has 0 heterocycles. The van der Waals surface area contributed by atoms with Gasteiger partial charge in [0.05, 0.1) is 4.75 Å². The molecule has 0 aromatic rings. The first kappa shape index (κ1) is 14.9. The van der Waals surface area contributed by atoms with E-state index in [-0.39, 0.29) is 5.54 Å². The van der Waals surface area contributed by atoms with Gasteiger partial charge in [0.1, 0.15) is 0 Å². The molecule has 0 atom stereocenters. The molecule has 0 bridgehead atoms. The summed E-state index contributed by atoms with van der Waals surface area (Å²) < 4.78 is 26.1. The lowest BCUT2D eigenvalue weighted by atomic mass is 9.98. The molecule has 0 amide bonds. The van der Waals surface area contributed by atoms with Gasteiger partial charge in [0.15, 0.2) is 0 Å². The van der Waals surface area contributed by atoms with Crippen LogP contribution in [0.5, 0.6) is 0 Å². The molecule has 2 N–H and O–H groups in total. The van der Waals surface area contributed by atoms with Crippen molar-refractivity contribution < 1.29 is 8.42 Å². The zero-order chi connectivity index (χ0) is 13.3. The minimum atomic E-state index is -3.29. The summed E-state index contributed by atoms with van der Waals surface area (Å²) in [4.78, 5) is 0. The van der Waals surface area contributed by atoms with Crippen molar-refractivity contribution in [3.05, 3.63) is 0 Å². The summed E-state index contributed by atoms with van der Waals surface area (Å²) in [5.41, 5.74) is 5.55. The monoisotopic (exact) mass is 262 g/mol. The maximum atomic E-state index is 12.6. The first-order valence-electron chi connectivity index (χ1n) is 6.44. The van der Waals surface area contributed by atoms with E-state index in [1.165, 1.54) is 0 Å². The van der Waals surface area contributed by atoms with E-state index in [2.05, 4.69) is 0 Å². The van der Waals surface area contributed by atoms with Crippen LogP contribution in [-0.2, 0) is 10.0 Å². The van der Waals surface area contributed by atoms with Crippen LogP contribution < -0.4 is 5.73 Å². The molecule has 0 radical (unpaired) electrons. The summed E-state index contributed by atoms with van der Waals surface area (Å²) >= 11 is 0. The van der Waals surface area contributed by atoms with E-state index in [0.717, 1.165) is 25.7 Å². The Morgan fingerprint density at radius 1 is 1.24 bits per heavy atom. The maximum Gasteiger partial charge on any atom is 0.219 e. The van der Waals surface area contributed by atoms with Crippen LogP contribution in [0, 0.1) is 0 Å². The molecule has 0 unspecified atom stereocenters. The molecule has 1 aliphatic carbocycles. The number of sulfonamides is 1. The van der Waals surface area contributed by atoms with E-state index >= 15 is 0 Å². The molecule has 0 spiro atoms. The predicted molar refractivity (Wildman–Crippen MR) is 71.3 cm³/mol. The van der Waals surface area contributed by atoms with Crippen LogP contribution in [0.25, 0.3) is 0 Å². The minimum Gasteiger partial charge on any atom is -0.329 e. The summed E-state index contributed by atoms with van der Waals surface area (Å²) in [7, 11) is -3.29. The zero-order valence-corrected chi connectivity index (χ0v) is 12.3. The van der Waals surface area contributed by atoms with E-state index in [9.17, 15) is 8.42 Å². The smallest absolute Gasteiger partial charge is 0.219 e. The predicted octanol–water partition coefficient (Wildman–Crippen LogP) is 1.71. The third-order valence-electron chi connectivity index (χ3n) is 3.79. The van der Waals surface area contributed by atoms with Crippen LogP contribution in [0.2, 0.25) is 0 Å². The summed E-state index contributed by atoms with van der Waals surface area (Å²) in [5.74, 6) is 0. The van der Waals surface area contributed by atoms with Gasteiger partial charge in [-0.25, -0.2) is 8.42 Å². The largest absolute Gasteiger partial charge is 0.329 e. The second-order valence-corrected chi connectivity index (χ2v) is 8.53. The number of hydrogen-bond donors (Lipinski definition) is 1. The molecular formula is C12H26N2O2S. The Bertz CT molecular complexity index is 351. The number of nitrogens with zero attached hydrogens (tertiary/aromatic N) is 1. The third kappa shape index (κ3) is 2.51. The van der Waals surface area contributed by atoms with Crippen LogP contribution in [0.15, 0.2) is 0 Å². The standard InChI is InChI=1S/C12H26N2O2S/c1-5-14(17(15,16)11(2,3)4)12(10-13)8-6-7-9-12/h5-10,13H2,1-4H3. The molecule has 5 heteroatoms. The average molecular weight is 262 g/mol. The molecule has 1 rings (SSSR count). The van der Waals surface area contributed by atoms with Crippen LogP contribution in [0.4, 0.5) is 0 Å². The fourth-order valence-electron chi connectivity index (χ4n) is 2.68. The van der Waals surface area contributed by atoms with Gasteiger partial charge in [0.2, 0.25) is 10.0 Å². The Morgan fingerprint density at radius 2 is 1.71 bits per heavy atom. The van der Waals surface area contributed by atoms with Crippen molar-refractivity contribution >= 4 is 10.0 Å². The SMILES string of the molecule is CCN(C1(CN)CCCC1)S(=O)(=O)C(C)(C)C. The quantitative estimate of drug-likeness (QED) is 0.839. The van der Waals surface area contributed by atoms with Gasteiger partial charge < -0.3 is 5.73 Å². The average Bonchev–Trinajstić information content (AvgIpc) is 2.66. The Balaban J connectivity index is 3.15. The highest BCUT2D eigenvalue weighted by Crippen LogP contribution is 2.38. The van der Waals surface area contributed by atoms with E-state index in [1.54, 1.807) is 25.1 Å². The van der Waals surface area contributed by atoms with Gasteiger partial charge >= 0.3 is 0 Å².